The van der Waals surface area contributed by atoms with Crippen molar-refractivity contribution in [3.05, 3.63) is 29.8 Å². The molecular formula is C14H15F2N3O4. The molecule has 2 rings (SSSR count). The van der Waals surface area contributed by atoms with Crippen LogP contribution in [0, 0.1) is 11.6 Å². The maximum absolute atomic E-state index is 13.8. The van der Waals surface area contributed by atoms with E-state index in [2.05, 4.69) is 10.1 Å². The minimum Gasteiger partial charge on any atom is -0.461 e. The molecule has 0 radical (unpaired) electrons. The SMILES string of the molecule is COCCOC(=O)COc1nc(-c2ccc(F)cc2F)n(C)n1. The fourth-order valence-corrected chi connectivity index (χ4v) is 1.73. The monoisotopic (exact) mass is 327 g/mol. The number of methoxy groups -OCH3 is 1. The molecule has 0 spiro atoms. The highest BCUT2D eigenvalue weighted by Gasteiger charge is 2.16. The van der Waals surface area contributed by atoms with E-state index in [1.54, 1.807) is 0 Å². The van der Waals surface area contributed by atoms with Crippen LogP contribution in [-0.4, -0.2) is 47.7 Å². The summed E-state index contributed by atoms with van der Waals surface area (Å²) in [5, 5.41) is 3.91. The average Bonchev–Trinajstić information content (AvgIpc) is 2.86. The molecular weight excluding hydrogens is 312 g/mol. The molecule has 0 N–H and O–H groups in total. The predicted molar refractivity (Wildman–Crippen MR) is 74.7 cm³/mol. The van der Waals surface area contributed by atoms with Crippen LogP contribution in [0.15, 0.2) is 18.2 Å². The summed E-state index contributed by atoms with van der Waals surface area (Å²) >= 11 is 0. The van der Waals surface area contributed by atoms with Gasteiger partial charge >= 0.3 is 12.0 Å². The summed E-state index contributed by atoms with van der Waals surface area (Å²) in [5.74, 6) is -1.93. The molecule has 0 amide bonds. The minimum atomic E-state index is -0.772. The van der Waals surface area contributed by atoms with Gasteiger partial charge in [-0.2, -0.15) is 4.98 Å². The lowest BCUT2D eigenvalue weighted by atomic mass is 10.2. The lowest BCUT2D eigenvalue weighted by molar-refractivity contribution is -0.147. The number of benzene rings is 1. The van der Waals surface area contributed by atoms with Crippen LogP contribution in [-0.2, 0) is 21.3 Å². The van der Waals surface area contributed by atoms with E-state index in [0.717, 1.165) is 12.1 Å². The van der Waals surface area contributed by atoms with Gasteiger partial charge in [-0.25, -0.2) is 18.3 Å². The molecule has 1 aromatic carbocycles. The van der Waals surface area contributed by atoms with Gasteiger partial charge in [0.1, 0.15) is 18.2 Å². The number of hydrogen-bond donors (Lipinski definition) is 0. The van der Waals surface area contributed by atoms with Gasteiger partial charge < -0.3 is 14.2 Å². The summed E-state index contributed by atoms with van der Waals surface area (Å²) in [6.45, 7) is 0.00101. The molecule has 0 atom stereocenters. The highest BCUT2D eigenvalue weighted by Crippen LogP contribution is 2.22. The number of carbonyl (C=O) groups excluding carboxylic acids is 1. The van der Waals surface area contributed by atoms with Gasteiger partial charge in [-0.05, 0) is 12.1 Å². The predicted octanol–water partition coefficient (Wildman–Crippen LogP) is 1.33. The maximum Gasteiger partial charge on any atom is 0.344 e. The first kappa shape index (κ1) is 16.8. The van der Waals surface area contributed by atoms with Crippen LogP contribution < -0.4 is 4.74 Å². The number of ether oxygens (including phenoxy) is 3. The minimum absolute atomic E-state index is 0.0684. The van der Waals surface area contributed by atoms with Crippen molar-refractivity contribution in [2.45, 2.75) is 0 Å². The van der Waals surface area contributed by atoms with Crippen molar-refractivity contribution in [1.82, 2.24) is 14.8 Å². The van der Waals surface area contributed by atoms with Gasteiger partial charge in [-0.3, -0.25) is 0 Å². The Kier molecular flexibility index (Phi) is 5.58. The van der Waals surface area contributed by atoms with E-state index >= 15 is 0 Å². The molecule has 1 aromatic heterocycles. The van der Waals surface area contributed by atoms with Gasteiger partial charge in [-0.1, -0.05) is 0 Å². The Balaban J connectivity index is 2.02. The number of hydrogen-bond acceptors (Lipinski definition) is 6. The summed E-state index contributed by atoms with van der Waals surface area (Å²) in [7, 11) is 3.01. The first-order valence-corrected chi connectivity index (χ1v) is 6.65. The van der Waals surface area contributed by atoms with E-state index < -0.39 is 17.6 Å². The molecule has 0 unspecified atom stereocenters. The van der Waals surface area contributed by atoms with Crippen molar-refractivity contribution in [2.75, 3.05) is 26.9 Å². The molecule has 1 heterocycles. The van der Waals surface area contributed by atoms with Crippen LogP contribution >= 0.6 is 0 Å². The zero-order chi connectivity index (χ0) is 16.8. The summed E-state index contributed by atoms with van der Waals surface area (Å²) in [5.41, 5.74) is 0.0684. The Morgan fingerprint density at radius 1 is 1.30 bits per heavy atom. The normalized spacial score (nSPS) is 10.6. The van der Waals surface area contributed by atoms with Crippen LogP contribution in [0.1, 0.15) is 0 Å². The smallest absolute Gasteiger partial charge is 0.344 e. The van der Waals surface area contributed by atoms with Crippen molar-refractivity contribution in [3.8, 4) is 17.4 Å². The van der Waals surface area contributed by atoms with Crippen LogP contribution in [0.5, 0.6) is 6.01 Å². The van der Waals surface area contributed by atoms with Crippen molar-refractivity contribution in [2.24, 2.45) is 7.05 Å². The Hall–Kier alpha value is -2.55. The van der Waals surface area contributed by atoms with Crippen LogP contribution in [0.25, 0.3) is 11.4 Å². The number of esters is 1. The maximum atomic E-state index is 13.8. The Labute approximate surface area is 130 Å². The van der Waals surface area contributed by atoms with E-state index in [4.69, 9.17) is 14.2 Å². The molecule has 0 saturated heterocycles. The van der Waals surface area contributed by atoms with E-state index in [1.807, 2.05) is 0 Å². The van der Waals surface area contributed by atoms with E-state index in [0.29, 0.717) is 0 Å². The zero-order valence-corrected chi connectivity index (χ0v) is 12.6. The highest BCUT2D eigenvalue weighted by molar-refractivity contribution is 5.71. The van der Waals surface area contributed by atoms with Crippen molar-refractivity contribution >= 4 is 5.97 Å². The van der Waals surface area contributed by atoms with Gasteiger partial charge in [0.15, 0.2) is 12.4 Å². The van der Waals surface area contributed by atoms with Gasteiger partial charge in [-0.15, -0.1) is 5.10 Å². The molecule has 0 aliphatic rings. The summed E-state index contributed by atoms with van der Waals surface area (Å²) in [6, 6.07) is 2.99. The topological polar surface area (TPSA) is 75.5 Å². The molecule has 0 fully saturated rings. The quantitative estimate of drug-likeness (QED) is 0.564. The number of rotatable bonds is 7. The van der Waals surface area contributed by atoms with Crippen molar-refractivity contribution < 1.29 is 27.8 Å². The van der Waals surface area contributed by atoms with Gasteiger partial charge in [0, 0.05) is 20.2 Å². The lowest BCUT2D eigenvalue weighted by Gasteiger charge is -2.03. The molecule has 0 bridgehead atoms. The molecule has 0 aliphatic heterocycles. The fourth-order valence-electron chi connectivity index (χ4n) is 1.73. The molecule has 124 valence electrons. The van der Waals surface area contributed by atoms with Crippen molar-refractivity contribution in [3.63, 3.8) is 0 Å². The number of aryl methyl sites for hydroxylation is 1. The van der Waals surface area contributed by atoms with Gasteiger partial charge in [0.05, 0.1) is 12.2 Å². The number of aromatic nitrogens is 3. The van der Waals surface area contributed by atoms with Crippen LogP contribution in [0.4, 0.5) is 8.78 Å². The second-order valence-corrected chi connectivity index (χ2v) is 4.47. The highest BCUT2D eigenvalue weighted by atomic mass is 19.1. The summed E-state index contributed by atoms with van der Waals surface area (Å²) < 4.78 is 42.6. The standard InChI is InChI=1S/C14H15F2N3O4/c1-19-13(10-4-3-9(15)7-11(10)16)17-14(18-19)23-8-12(20)22-6-5-21-2/h3-4,7H,5-6,8H2,1-2H3. The number of halogens is 2. The van der Waals surface area contributed by atoms with Crippen LogP contribution in [0.3, 0.4) is 0 Å². The molecule has 23 heavy (non-hydrogen) atoms. The van der Waals surface area contributed by atoms with Crippen LogP contribution in [0.2, 0.25) is 0 Å². The van der Waals surface area contributed by atoms with E-state index in [1.165, 1.54) is 24.9 Å². The third-order valence-electron chi connectivity index (χ3n) is 2.79. The van der Waals surface area contributed by atoms with Crippen molar-refractivity contribution in [1.29, 1.82) is 0 Å². The third kappa shape index (κ3) is 4.46. The fraction of sp³-hybridized carbons (Fsp3) is 0.357. The molecule has 0 aliphatic carbocycles. The number of carbonyl (C=O) groups is 1. The Bertz CT molecular complexity index is 691. The first-order valence-electron chi connectivity index (χ1n) is 6.65. The first-order chi connectivity index (χ1) is 11.0. The zero-order valence-electron chi connectivity index (χ0n) is 12.6. The molecule has 2 aromatic rings. The van der Waals surface area contributed by atoms with Gasteiger partial charge in [0.25, 0.3) is 0 Å². The van der Waals surface area contributed by atoms with Gasteiger partial charge in [0.2, 0.25) is 0 Å². The van der Waals surface area contributed by atoms with E-state index in [9.17, 15) is 13.6 Å². The Morgan fingerprint density at radius 3 is 2.78 bits per heavy atom. The summed E-state index contributed by atoms with van der Waals surface area (Å²) in [6.07, 6.45) is 0. The molecule has 0 saturated carbocycles. The third-order valence-corrected chi connectivity index (χ3v) is 2.79. The summed E-state index contributed by atoms with van der Waals surface area (Å²) in [4.78, 5) is 15.4. The molecule has 7 nitrogen and oxygen atoms in total. The van der Waals surface area contributed by atoms with E-state index in [-0.39, 0.29) is 37.2 Å². The lowest BCUT2D eigenvalue weighted by Crippen LogP contribution is -2.17. The molecule has 9 heteroatoms. The second kappa shape index (κ2) is 7.63. The number of nitrogens with zero attached hydrogens (tertiary/aromatic N) is 3. The second-order valence-electron chi connectivity index (χ2n) is 4.47. The average molecular weight is 327 g/mol. The Morgan fingerprint density at radius 2 is 2.09 bits per heavy atom. The largest absolute Gasteiger partial charge is 0.461 e.